The molecule has 0 bridgehead atoms. The van der Waals surface area contributed by atoms with E-state index in [-0.39, 0.29) is 11.6 Å². The Bertz CT molecular complexity index is 529. The quantitative estimate of drug-likeness (QED) is 0.889. The van der Waals surface area contributed by atoms with Crippen molar-refractivity contribution in [1.29, 1.82) is 0 Å². The molecule has 0 fully saturated rings. The van der Waals surface area contributed by atoms with Gasteiger partial charge in [-0.3, -0.25) is 0 Å². The molecule has 0 aliphatic rings. The van der Waals surface area contributed by atoms with Crippen LogP contribution in [0, 0.1) is 11.6 Å². The second kappa shape index (κ2) is 5.27. The summed E-state index contributed by atoms with van der Waals surface area (Å²) in [6.45, 7) is 0.432. The molecule has 0 aliphatic heterocycles. The lowest BCUT2D eigenvalue weighted by atomic mass is 10.2. The third kappa shape index (κ3) is 3.03. The molecule has 0 aliphatic carbocycles. The molecule has 0 unspecified atom stereocenters. The van der Waals surface area contributed by atoms with E-state index in [1.165, 1.54) is 18.2 Å². The van der Waals surface area contributed by atoms with Crippen LogP contribution >= 0.6 is 15.9 Å². The van der Waals surface area contributed by atoms with Crippen molar-refractivity contribution in [3.05, 3.63) is 64.1 Å². The zero-order valence-electron chi connectivity index (χ0n) is 8.88. The van der Waals surface area contributed by atoms with Gasteiger partial charge in [0, 0.05) is 12.2 Å². The smallest absolute Gasteiger partial charge is 0.137 e. The van der Waals surface area contributed by atoms with E-state index in [0.29, 0.717) is 16.7 Å². The van der Waals surface area contributed by atoms with Gasteiger partial charge >= 0.3 is 0 Å². The monoisotopic (exact) mass is 297 g/mol. The summed E-state index contributed by atoms with van der Waals surface area (Å²) in [5.74, 6) is -0.600. The Morgan fingerprint density at radius 3 is 2.59 bits per heavy atom. The number of hydrogen-bond acceptors (Lipinski definition) is 1. The second-order valence-electron chi connectivity index (χ2n) is 3.58. The van der Waals surface area contributed by atoms with Crippen molar-refractivity contribution in [2.45, 2.75) is 6.54 Å². The lowest BCUT2D eigenvalue weighted by Gasteiger charge is -2.08. The van der Waals surface area contributed by atoms with E-state index in [1.807, 2.05) is 0 Å². The van der Waals surface area contributed by atoms with Crippen molar-refractivity contribution in [2.75, 3.05) is 5.32 Å². The van der Waals surface area contributed by atoms with Crippen LogP contribution in [0.1, 0.15) is 5.56 Å². The highest BCUT2D eigenvalue weighted by atomic mass is 79.9. The fourth-order valence-electron chi connectivity index (χ4n) is 1.48. The van der Waals surface area contributed by atoms with Gasteiger partial charge in [0.25, 0.3) is 0 Å². The minimum Gasteiger partial charge on any atom is -0.381 e. The van der Waals surface area contributed by atoms with Crippen LogP contribution in [0.2, 0.25) is 0 Å². The highest BCUT2D eigenvalue weighted by Gasteiger charge is 2.04. The molecule has 1 nitrogen and oxygen atoms in total. The molecule has 2 rings (SSSR count). The van der Waals surface area contributed by atoms with Crippen molar-refractivity contribution >= 4 is 21.6 Å². The molecule has 0 atom stereocenters. The topological polar surface area (TPSA) is 12.0 Å². The summed E-state index contributed by atoms with van der Waals surface area (Å²) < 4.78 is 26.6. The first-order valence-corrected chi connectivity index (χ1v) is 5.88. The fraction of sp³-hybridized carbons (Fsp3) is 0.0769. The van der Waals surface area contributed by atoms with E-state index in [2.05, 4.69) is 21.2 Å². The molecule has 1 N–H and O–H groups in total. The summed E-state index contributed by atoms with van der Waals surface area (Å²) in [7, 11) is 0. The number of anilines is 1. The molecule has 2 aromatic carbocycles. The molecule has 0 spiro atoms. The second-order valence-corrected chi connectivity index (χ2v) is 4.37. The first-order chi connectivity index (χ1) is 8.16. The number of hydrogen-bond donors (Lipinski definition) is 1. The van der Waals surface area contributed by atoms with Gasteiger partial charge in [-0.15, -0.1) is 0 Å². The molecule has 17 heavy (non-hydrogen) atoms. The van der Waals surface area contributed by atoms with Gasteiger partial charge in [0.2, 0.25) is 0 Å². The summed E-state index contributed by atoms with van der Waals surface area (Å²) in [6.07, 6.45) is 0. The molecular weight excluding hydrogens is 288 g/mol. The lowest BCUT2D eigenvalue weighted by molar-refractivity contribution is 0.618. The van der Waals surface area contributed by atoms with Crippen LogP contribution in [0.15, 0.2) is 46.9 Å². The Labute approximate surface area is 107 Å². The summed E-state index contributed by atoms with van der Waals surface area (Å²) >= 11 is 3.18. The Hall–Kier alpha value is -1.42. The van der Waals surface area contributed by atoms with Crippen molar-refractivity contribution in [3.63, 3.8) is 0 Å². The average Bonchev–Trinajstić information content (AvgIpc) is 2.31. The number of halogens is 3. The summed E-state index contributed by atoms with van der Waals surface area (Å²) in [5, 5.41) is 3.03. The summed E-state index contributed by atoms with van der Waals surface area (Å²) in [5.41, 5.74) is 1.45. The van der Waals surface area contributed by atoms with Crippen molar-refractivity contribution < 1.29 is 8.78 Å². The molecule has 0 amide bonds. The summed E-state index contributed by atoms with van der Waals surface area (Å²) in [6, 6.07) is 11.0. The Morgan fingerprint density at radius 2 is 1.82 bits per heavy atom. The Kier molecular flexibility index (Phi) is 3.74. The molecular formula is C13H10BrF2N. The van der Waals surface area contributed by atoms with Gasteiger partial charge in [0.05, 0.1) is 4.47 Å². The fourth-order valence-corrected chi connectivity index (χ4v) is 1.89. The van der Waals surface area contributed by atoms with E-state index in [9.17, 15) is 8.78 Å². The minimum atomic E-state index is -0.302. The predicted molar refractivity (Wildman–Crippen MR) is 67.8 cm³/mol. The van der Waals surface area contributed by atoms with Gasteiger partial charge < -0.3 is 5.32 Å². The Morgan fingerprint density at radius 1 is 1.06 bits per heavy atom. The maximum Gasteiger partial charge on any atom is 0.137 e. The number of benzene rings is 2. The zero-order valence-corrected chi connectivity index (χ0v) is 10.5. The van der Waals surface area contributed by atoms with E-state index in [1.54, 1.807) is 24.3 Å². The maximum absolute atomic E-state index is 13.2. The van der Waals surface area contributed by atoms with Crippen LogP contribution < -0.4 is 5.32 Å². The highest BCUT2D eigenvalue weighted by Crippen LogP contribution is 2.21. The van der Waals surface area contributed by atoms with Crippen LogP contribution in [0.5, 0.6) is 0 Å². The van der Waals surface area contributed by atoms with Crippen LogP contribution in [-0.2, 0) is 6.54 Å². The third-order valence-electron chi connectivity index (χ3n) is 2.34. The van der Waals surface area contributed by atoms with Crippen LogP contribution in [-0.4, -0.2) is 0 Å². The van der Waals surface area contributed by atoms with Crippen LogP contribution in [0.3, 0.4) is 0 Å². The van der Waals surface area contributed by atoms with E-state index in [4.69, 9.17) is 0 Å². The van der Waals surface area contributed by atoms with Crippen molar-refractivity contribution in [3.8, 4) is 0 Å². The molecule has 0 saturated carbocycles. The van der Waals surface area contributed by atoms with Crippen molar-refractivity contribution in [1.82, 2.24) is 0 Å². The van der Waals surface area contributed by atoms with Crippen LogP contribution in [0.4, 0.5) is 14.5 Å². The molecule has 0 saturated heterocycles. The van der Waals surface area contributed by atoms with E-state index < -0.39 is 0 Å². The third-order valence-corrected chi connectivity index (χ3v) is 3.23. The van der Waals surface area contributed by atoms with E-state index in [0.717, 1.165) is 5.56 Å². The molecule has 0 aromatic heterocycles. The van der Waals surface area contributed by atoms with Gasteiger partial charge in [-0.2, -0.15) is 0 Å². The SMILES string of the molecule is Fc1cccc(NCc2cccc(F)c2Br)c1. The van der Waals surface area contributed by atoms with Crippen molar-refractivity contribution in [2.24, 2.45) is 0 Å². The van der Waals surface area contributed by atoms with Gasteiger partial charge in [-0.25, -0.2) is 8.78 Å². The summed E-state index contributed by atoms with van der Waals surface area (Å²) in [4.78, 5) is 0. The molecule has 4 heteroatoms. The molecule has 0 radical (unpaired) electrons. The van der Waals surface area contributed by atoms with Gasteiger partial charge in [-0.1, -0.05) is 18.2 Å². The average molecular weight is 298 g/mol. The minimum absolute atomic E-state index is 0.298. The normalized spacial score (nSPS) is 10.3. The molecule has 88 valence electrons. The van der Waals surface area contributed by atoms with Gasteiger partial charge in [0.15, 0.2) is 0 Å². The highest BCUT2D eigenvalue weighted by molar-refractivity contribution is 9.10. The lowest BCUT2D eigenvalue weighted by Crippen LogP contribution is -2.01. The molecule has 2 aromatic rings. The van der Waals surface area contributed by atoms with Gasteiger partial charge in [0.1, 0.15) is 11.6 Å². The number of nitrogens with one attached hydrogen (secondary N) is 1. The van der Waals surface area contributed by atoms with Gasteiger partial charge in [-0.05, 0) is 45.8 Å². The Balaban J connectivity index is 2.10. The first-order valence-electron chi connectivity index (χ1n) is 5.09. The predicted octanol–water partition coefficient (Wildman–Crippen LogP) is 4.34. The maximum atomic E-state index is 13.2. The first kappa shape index (κ1) is 12.0. The van der Waals surface area contributed by atoms with Crippen LogP contribution in [0.25, 0.3) is 0 Å². The zero-order chi connectivity index (χ0) is 12.3. The van der Waals surface area contributed by atoms with E-state index >= 15 is 0 Å². The number of rotatable bonds is 3. The largest absolute Gasteiger partial charge is 0.381 e. The standard InChI is InChI=1S/C13H10BrF2N/c14-13-9(3-1-6-12(13)16)8-17-11-5-2-4-10(15)7-11/h1-7,17H,8H2. The molecule has 0 heterocycles.